The van der Waals surface area contributed by atoms with Crippen molar-refractivity contribution in [3.05, 3.63) is 0 Å². The summed E-state index contributed by atoms with van der Waals surface area (Å²) in [6, 6.07) is 0.147. The quantitative estimate of drug-likeness (QED) is 0.760. The molecular weight excluding hydrogens is 232 g/mol. The van der Waals surface area contributed by atoms with Gasteiger partial charge >= 0.3 is 6.03 Å². The van der Waals surface area contributed by atoms with E-state index in [1.165, 1.54) is 12.8 Å². The molecule has 2 N–H and O–H groups in total. The Morgan fingerprint density at radius 3 is 2.72 bits per heavy atom. The molecule has 5 nitrogen and oxygen atoms in total. The number of amides is 2. The van der Waals surface area contributed by atoms with E-state index in [4.69, 9.17) is 9.84 Å². The molecular formula is C13H22N2O3. The van der Waals surface area contributed by atoms with Gasteiger partial charge in [0.05, 0.1) is 24.9 Å². The second kappa shape index (κ2) is 5.05. The highest BCUT2D eigenvalue weighted by Crippen LogP contribution is 2.34. The van der Waals surface area contributed by atoms with E-state index in [2.05, 4.69) is 5.32 Å². The molecule has 0 unspecified atom stereocenters. The molecule has 0 aromatic rings. The summed E-state index contributed by atoms with van der Waals surface area (Å²) in [4.78, 5) is 13.9. The van der Waals surface area contributed by atoms with Crippen molar-refractivity contribution in [1.82, 2.24) is 10.2 Å². The molecule has 0 radical (unpaired) electrons. The smallest absolute Gasteiger partial charge is 0.317 e. The number of nitrogens with zero attached hydrogens (tertiary/aromatic N) is 1. The first-order valence-corrected chi connectivity index (χ1v) is 7.08. The van der Waals surface area contributed by atoms with Gasteiger partial charge in [-0.05, 0) is 38.0 Å². The van der Waals surface area contributed by atoms with Gasteiger partial charge in [-0.1, -0.05) is 0 Å². The Hall–Kier alpha value is -0.810. The summed E-state index contributed by atoms with van der Waals surface area (Å²) >= 11 is 0. The maximum atomic E-state index is 12.2. The Labute approximate surface area is 107 Å². The Morgan fingerprint density at radius 1 is 1.33 bits per heavy atom. The van der Waals surface area contributed by atoms with Crippen LogP contribution in [-0.4, -0.2) is 54.0 Å². The predicted molar refractivity (Wildman–Crippen MR) is 66.2 cm³/mol. The summed E-state index contributed by atoms with van der Waals surface area (Å²) in [5, 5.41) is 12.1. The van der Waals surface area contributed by atoms with Crippen molar-refractivity contribution in [3.8, 4) is 0 Å². The van der Waals surface area contributed by atoms with Crippen molar-refractivity contribution in [2.24, 2.45) is 5.92 Å². The molecule has 1 aliphatic carbocycles. The zero-order valence-corrected chi connectivity index (χ0v) is 10.7. The van der Waals surface area contributed by atoms with Crippen LogP contribution in [0.4, 0.5) is 4.79 Å². The van der Waals surface area contributed by atoms with Crippen LogP contribution in [0.25, 0.3) is 0 Å². The predicted octanol–water partition coefficient (Wildman–Crippen LogP) is 0.720. The Morgan fingerprint density at radius 2 is 2.17 bits per heavy atom. The second-order valence-corrected chi connectivity index (χ2v) is 5.78. The number of hydrogen-bond acceptors (Lipinski definition) is 3. The van der Waals surface area contributed by atoms with Gasteiger partial charge in [0.25, 0.3) is 0 Å². The Bertz CT molecular complexity index is 319. The van der Waals surface area contributed by atoms with E-state index in [0.29, 0.717) is 18.6 Å². The SMILES string of the molecule is O=C(N[C@H]1C[C@H]2CC[C@H]1O2)N(CCO)CC1CC1. The Kier molecular flexibility index (Phi) is 3.43. The number of ether oxygens (including phenoxy) is 1. The number of aliphatic hydroxyl groups is 1. The monoisotopic (exact) mass is 254 g/mol. The van der Waals surface area contributed by atoms with Gasteiger partial charge in [-0.3, -0.25) is 0 Å². The van der Waals surface area contributed by atoms with Crippen molar-refractivity contribution in [3.63, 3.8) is 0 Å². The van der Waals surface area contributed by atoms with E-state index >= 15 is 0 Å². The van der Waals surface area contributed by atoms with Crippen molar-refractivity contribution in [1.29, 1.82) is 0 Å². The van der Waals surface area contributed by atoms with Crippen LogP contribution in [0.2, 0.25) is 0 Å². The zero-order chi connectivity index (χ0) is 12.5. The van der Waals surface area contributed by atoms with Crippen molar-refractivity contribution < 1.29 is 14.6 Å². The molecule has 2 aliphatic heterocycles. The van der Waals surface area contributed by atoms with Crippen molar-refractivity contribution in [2.75, 3.05) is 19.7 Å². The van der Waals surface area contributed by atoms with Crippen molar-refractivity contribution in [2.45, 2.75) is 50.4 Å². The number of urea groups is 1. The van der Waals surface area contributed by atoms with Crippen LogP contribution in [0, 0.1) is 5.92 Å². The summed E-state index contributed by atoms with van der Waals surface area (Å²) in [5.74, 6) is 0.651. The van der Waals surface area contributed by atoms with Crippen LogP contribution >= 0.6 is 0 Å². The molecule has 5 heteroatoms. The fourth-order valence-corrected chi connectivity index (χ4v) is 3.05. The van der Waals surface area contributed by atoms with Gasteiger partial charge < -0.3 is 20.1 Å². The molecule has 102 valence electrons. The lowest BCUT2D eigenvalue weighted by Gasteiger charge is -2.26. The van der Waals surface area contributed by atoms with Crippen LogP contribution < -0.4 is 5.32 Å². The van der Waals surface area contributed by atoms with Crippen LogP contribution in [-0.2, 0) is 4.74 Å². The Balaban J connectivity index is 1.51. The standard InChI is InChI=1S/C13H22N2O3/c16-6-5-15(8-9-1-2-9)13(17)14-11-7-10-3-4-12(11)18-10/h9-12,16H,1-8H2,(H,14,17)/t10-,11+,12-/m1/s1. The van der Waals surface area contributed by atoms with Crippen LogP contribution in [0.15, 0.2) is 0 Å². The van der Waals surface area contributed by atoms with Gasteiger partial charge in [0.15, 0.2) is 0 Å². The number of fused-ring (bicyclic) bond motifs is 2. The summed E-state index contributed by atoms with van der Waals surface area (Å²) in [6.45, 7) is 1.26. The highest BCUT2D eigenvalue weighted by Gasteiger charge is 2.42. The largest absolute Gasteiger partial charge is 0.395 e. The molecule has 2 amide bonds. The first-order valence-electron chi connectivity index (χ1n) is 7.08. The molecule has 0 aromatic carbocycles. The molecule has 1 saturated carbocycles. The van der Waals surface area contributed by atoms with E-state index < -0.39 is 0 Å². The van der Waals surface area contributed by atoms with Crippen LogP contribution in [0.5, 0.6) is 0 Å². The lowest BCUT2D eigenvalue weighted by atomic mass is 9.96. The van der Waals surface area contributed by atoms with E-state index in [0.717, 1.165) is 25.8 Å². The fourth-order valence-electron chi connectivity index (χ4n) is 3.05. The van der Waals surface area contributed by atoms with E-state index in [1.54, 1.807) is 4.90 Å². The molecule has 2 bridgehead atoms. The topological polar surface area (TPSA) is 61.8 Å². The van der Waals surface area contributed by atoms with Gasteiger partial charge in [0.1, 0.15) is 0 Å². The lowest BCUT2D eigenvalue weighted by molar-refractivity contribution is 0.0965. The minimum atomic E-state index is -0.0305. The molecule has 18 heavy (non-hydrogen) atoms. The first-order chi connectivity index (χ1) is 8.76. The second-order valence-electron chi connectivity index (χ2n) is 5.78. The summed E-state index contributed by atoms with van der Waals surface area (Å²) in [6.07, 6.45) is 6.16. The zero-order valence-electron chi connectivity index (χ0n) is 10.7. The average Bonchev–Trinajstić information content (AvgIpc) is 2.93. The average molecular weight is 254 g/mol. The normalized spacial score (nSPS) is 33.7. The molecule has 2 saturated heterocycles. The highest BCUT2D eigenvalue weighted by atomic mass is 16.5. The number of aliphatic hydroxyl groups excluding tert-OH is 1. The minimum absolute atomic E-state index is 0.0305. The molecule has 0 spiro atoms. The van der Waals surface area contributed by atoms with Crippen molar-refractivity contribution >= 4 is 6.03 Å². The highest BCUT2D eigenvalue weighted by molar-refractivity contribution is 5.74. The van der Waals surface area contributed by atoms with Gasteiger partial charge in [-0.15, -0.1) is 0 Å². The molecule has 3 atom stereocenters. The first kappa shape index (κ1) is 12.2. The maximum absolute atomic E-state index is 12.2. The summed E-state index contributed by atoms with van der Waals surface area (Å²) < 4.78 is 5.74. The fraction of sp³-hybridized carbons (Fsp3) is 0.923. The minimum Gasteiger partial charge on any atom is -0.395 e. The van der Waals surface area contributed by atoms with Gasteiger partial charge in [-0.25, -0.2) is 4.79 Å². The number of rotatable bonds is 5. The van der Waals surface area contributed by atoms with Gasteiger partial charge in [0, 0.05) is 13.1 Å². The van der Waals surface area contributed by atoms with E-state index in [-0.39, 0.29) is 24.8 Å². The van der Waals surface area contributed by atoms with Gasteiger partial charge in [-0.2, -0.15) is 0 Å². The van der Waals surface area contributed by atoms with Crippen LogP contribution in [0.1, 0.15) is 32.1 Å². The summed E-state index contributed by atoms with van der Waals surface area (Å²) in [7, 11) is 0. The molecule has 3 rings (SSSR count). The maximum Gasteiger partial charge on any atom is 0.317 e. The number of hydrogen-bond donors (Lipinski definition) is 2. The summed E-state index contributed by atoms with van der Waals surface area (Å²) in [5.41, 5.74) is 0. The van der Waals surface area contributed by atoms with E-state index in [1.807, 2.05) is 0 Å². The third kappa shape index (κ3) is 2.62. The van der Waals surface area contributed by atoms with Gasteiger partial charge in [0.2, 0.25) is 0 Å². The molecule has 2 heterocycles. The third-order valence-electron chi connectivity index (χ3n) is 4.25. The molecule has 3 fully saturated rings. The number of nitrogens with one attached hydrogen (secondary N) is 1. The molecule has 0 aromatic heterocycles. The van der Waals surface area contributed by atoms with Crippen LogP contribution in [0.3, 0.4) is 0 Å². The third-order valence-corrected chi connectivity index (χ3v) is 4.25. The number of carbonyl (C=O) groups excluding carboxylic acids is 1. The molecule has 3 aliphatic rings. The van der Waals surface area contributed by atoms with E-state index in [9.17, 15) is 4.79 Å². The number of carbonyl (C=O) groups is 1. The lowest BCUT2D eigenvalue weighted by Crippen LogP contribution is -2.49.